The third-order valence-electron chi connectivity index (χ3n) is 2.29. The zero-order chi connectivity index (χ0) is 14.5. The first kappa shape index (κ1) is 15.5. The summed E-state index contributed by atoms with van der Waals surface area (Å²) in [7, 11) is 0. The first-order valence-electron chi connectivity index (χ1n) is 5.90. The average Bonchev–Trinajstić information content (AvgIpc) is 2.26. The van der Waals surface area contributed by atoms with Crippen molar-refractivity contribution < 1.29 is 22.7 Å². The number of ether oxygens (including phenoxy) is 1. The lowest BCUT2D eigenvalue weighted by molar-refractivity contribution is -0.274. The Hall–Kier alpha value is -1.56. The van der Waals surface area contributed by atoms with Gasteiger partial charge in [0.2, 0.25) is 0 Å². The van der Waals surface area contributed by atoms with E-state index in [1.165, 1.54) is 12.1 Å². The maximum atomic E-state index is 12.0. The Morgan fingerprint density at radius 1 is 1.37 bits per heavy atom. The molecule has 0 atom stereocenters. The van der Waals surface area contributed by atoms with Gasteiger partial charge in [0.05, 0.1) is 0 Å². The topological polar surface area (TPSA) is 38.3 Å². The molecule has 0 aliphatic carbocycles. The van der Waals surface area contributed by atoms with Crippen LogP contribution in [0.4, 0.5) is 13.2 Å². The Kier molecular flexibility index (Phi) is 5.35. The van der Waals surface area contributed by atoms with Gasteiger partial charge in [0.1, 0.15) is 5.75 Å². The van der Waals surface area contributed by atoms with E-state index in [0.717, 1.165) is 12.1 Å². The highest BCUT2D eigenvalue weighted by atomic mass is 19.4. The standard InChI is InChI=1S/C13H16F3NO2/c1-9(2)17-7-6-12(18)10-4-3-5-11(8-10)19-13(14,15)16/h3-5,8-9,17H,6-7H2,1-2H3. The van der Waals surface area contributed by atoms with Crippen molar-refractivity contribution in [2.45, 2.75) is 32.7 Å². The minimum absolute atomic E-state index is 0.215. The van der Waals surface area contributed by atoms with E-state index in [4.69, 9.17) is 0 Å². The zero-order valence-corrected chi connectivity index (χ0v) is 10.8. The number of Topliss-reactive ketones (excluding diaryl/α,β-unsaturated/α-hetero) is 1. The maximum absolute atomic E-state index is 12.0. The number of carbonyl (C=O) groups excluding carboxylic acids is 1. The number of ketones is 1. The lowest BCUT2D eigenvalue weighted by atomic mass is 10.1. The molecule has 0 amide bonds. The first-order valence-corrected chi connectivity index (χ1v) is 5.90. The Labute approximate surface area is 109 Å². The minimum Gasteiger partial charge on any atom is -0.406 e. The molecule has 3 nitrogen and oxygen atoms in total. The molecule has 6 heteroatoms. The summed E-state index contributed by atoms with van der Waals surface area (Å²) in [5.41, 5.74) is 0.215. The molecular formula is C13H16F3NO2. The monoisotopic (exact) mass is 275 g/mol. The highest BCUT2D eigenvalue weighted by molar-refractivity contribution is 5.96. The Morgan fingerprint density at radius 3 is 2.63 bits per heavy atom. The molecule has 0 aromatic heterocycles. The maximum Gasteiger partial charge on any atom is 0.573 e. The molecule has 0 aliphatic rings. The van der Waals surface area contributed by atoms with Crippen molar-refractivity contribution in [2.24, 2.45) is 0 Å². The fraction of sp³-hybridized carbons (Fsp3) is 0.462. The van der Waals surface area contributed by atoms with Crippen molar-refractivity contribution in [3.8, 4) is 5.75 Å². The van der Waals surface area contributed by atoms with E-state index in [9.17, 15) is 18.0 Å². The van der Waals surface area contributed by atoms with Gasteiger partial charge in [-0.15, -0.1) is 13.2 Å². The third kappa shape index (κ3) is 6.24. The van der Waals surface area contributed by atoms with Crippen LogP contribution in [0.25, 0.3) is 0 Å². The van der Waals surface area contributed by atoms with Crippen LogP contribution in [0, 0.1) is 0 Å². The molecule has 1 aromatic carbocycles. The molecule has 1 aromatic rings. The van der Waals surface area contributed by atoms with Crippen LogP contribution in [0.15, 0.2) is 24.3 Å². The van der Waals surface area contributed by atoms with Crippen LogP contribution >= 0.6 is 0 Å². The number of carbonyl (C=O) groups is 1. The summed E-state index contributed by atoms with van der Waals surface area (Å²) >= 11 is 0. The number of rotatable bonds is 6. The molecule has 0 unspecified atom stereocenters. The highest BCUT2D eigenvalue weighted by Gasteiger charge is 2.31. The lowest BCUT2D eigenvalue weighted by Crippen LogP contribution is -2.25. The van der Waals surface area contributed by atoms with E-state index in [2.05, 4.69) is 10.1 Å². The second-order valence-corrected chi connectivity index (χ2v) is 4.36. The largest absolute Gasteiger partial charge is 0.573 e. The van der Waals surface area contributed by atoms with Crippen molar-refractivity contribution >= 4 is 5.78 Å². The van der Waals surface area contributed by atoms with Crippen molar-refractivity contribution in [1.29, 1.82) is 0 Å². The van der Waals surface area contributed by atoms with Crippen LogP contribution in [0.3, 0.4) is 0 Å². The van der Waals surface area contributed by atoms with Gasteiger partial charge < -0.3 is 10.1 Å². The van der Waals surface area contributed by atoms with E-state index >= 15 is 0 Å². The quantitative estimate of drug-likeness (QED) is 0.810. The Bertz CT molecular complexity index is 430. The third-order valence-corrected chi connectivity index (χ3v) is 2.29. The van der Waals surface area contributed by atoms with Crippen molar-refractivity contribution in [3.63, 3.8) is 0 Å². The van der Waals surface area contributed by atoms with E-state index in [-0.39, 0.29) is 29.6 Å². The summed E-state index contributed by atoms with van der Waals surface area (Å²) in [6.45, 7) is 4.38. The number of halogens is 3. The smallest absolute Gasteiger partial charge is 0.406 e. The van der Waals surface area contributed by atoms with Gasteiger partial charge in [-0.2, -0.15) is 0 Å². The van der Waals surface area contributed by atoms with Crippen molar-refractivity contribution in [3.05, 3.63) is 29.8 Å². The number of alkyl halides is 3. The van der Waals surface area contributed by atoms with Gasteiger partial charge in [-0.25, -0.2) is 0 Å². The fourth-order valence-corrected chi connectivity index (χ4v) is 1.49. The predicted octanol–water partition coefficient (Wildman–Crippen LogP) is 3.16. The summed E-state index contributed by atoms with van der Waals surface area (Å²) in [6, 6.07) is 5.36. The number of benzene rings is 1. The second-order valence-electron chi connectivity index (χ2n) is 4.36. The van der Waals surface area contributed by atoms with Gasteiger partial charge in [0, 0.05) is 24.6 Å². The van der Waals surface area contributed by atoms with Gasteiger partial charge in [0.25, 0.3) is 0 Å². The molecule has 0 aliphatic heterocycles. The number of hydrogen-bond donors (Lipinski definition) is 1. The van der Waals surface area contributed by atoms with Crippen LogP contribution in [0.5, 0.6) is 5.75 Å². The van der Waals surface area contributed by atoms with E-state index in [1.54, 1.807) is 0 Å². The second kappa shape index (κ2) is 6.56. The Balaban J connectivity index is 2.63. The van der Waals surface area contributed by atoms with Crippen LogP contribution in [0.2, 0.25) is 0 Å². The van der Waals surface area contributed by atoms with Gasteiger partial charge in [-0.05, 0) is 12.1 Å². The summed E-state index contributed by atoms with van der Waals surface area (Å²) in [5.74, 6) is -0.601. The molecule has 1 N–H and O–H groups in total. The predicted molar refractivity (Wildman–Crippen MR) is 65.2 cm³/mol. The summed E-state index contributed by atoms with van der Waals surface area (Å²) in [5, 5.41) is 3.07. The lowest BCUT2D eigenvalue weighted by Gasteiger charge is -2.10. The first-order chi connectivity index (χ1) is 8.78. The van der Waals surface area contributed by atoms with Gasteiger partial charge >= 0.3 is 6.36 Å². The fourth-order valence-electron chi connectivity index (χ4n) is 1.49. The molecule has 0 saturated carbocycles. The van der Waals surface area contributed by atoms with Crippen LogP contribution in [-0.2, 0) is 0 Å². The number of hydrogen-bond acceptors (Lipinski definition) is 3. The van der Waals surface area contributed by atoms with Gasteiger partial charge in [-0.1, -0.05) is 26.0 Å². The molecule has 0 heterocycles. The Morgan fingerprint density at radius 2 is 2.05 bits per heavy atom. The normalized spacial score (nSPS) is 11.7. The molecule has 0 bridgehead atoms. The molecule has 0 spiro atoms. The SMILES string of the molecule is CC(C)NCCC(=O)c1cccc(OC(F)(F)F)c1. The van der Waals surface area contributed by atoms with E-state index in [1.807, 2.05) is 13.8 Å². The van der Waals surface area contributed by atoms with Crippen molar-refractivity contribution in [2.75, 3.05) is 6.54 Å². The summed E-state index contributed by atoms with van der Waals surface area (Å²) < 4.78 is 39.9. The van der Waals surface area contributed by atoms with E-state index in [0.29, 0.717) is 6.54 Å². The average molecular weight is 275 g/mol. The van der Waals surface area contributed by atoms with Crippen LogP contribution in [0.1, 0.15) is 30.6 Å². The minimum atomic E-state index is -4.75. The molecule has 0 saturated heterocycles. The van der Waals surface area contributed by atoms with Crippen LogP contribution < -0.4 is 10.1 Å². The zero-order valence-electron chi connectivity index (χ0n) is 10.8. The van der Waals surface area contributed by atoms with E-state index < -0.39 is 6.36 Å². The van der Waals surface area contributed by atoms with Crippen LogP contribution in [-0.4, -0.2) is 24.7 Å². The molecule has 0 radical (unpaired) electrons. The number of nitrogens with one attached hydrogen (secondary N) is 1. The van der Waals surface area contributed by atoms with Gasteiger partial charge in [0.15, 0.2) is 5.78 Å². The summed E-state index contributed by atoms with van der Waals surface area (Å²) in [4.78, 5) is 11.8. The molecule has 19 heavy (non-hydrogen) atoms. The highest BCUT2D eigenvalue weighted by Crippen LogP contribution is 2.23. The molecule has 0 fully saturated rings. The summed E-state index contributed by atoms with van der Waals surface area (Å²) in [6.07, 6.45) is -4.52. The molecule has 106 valence electrons. The van der Waals surface area contributed by atoms with Crippen molar-refractivity contribution in [1.82, 2.24) is 5.32 Å². The molecular weight excluding hydrogens is 259 g/mol. The van der Waals surface area contributed by atoms with Gasteiger partial charge in [-0.3, -0.25) is 4.79 Å². The molecule has 1 rings (SSSR count).